The summed E-state index contributed by atoms with van der Waals surface area (Å²) in [5, 5.41) is 1.75. The second-order valence-corrected chi connectivity index (χ2v) is 3.58. The number of hydrogen-bond acceptors (Lipinski definition) is 3. The first-order valence-electron chi connectivity index (χ1n) is 4.90. The summed E-state index contributed by atoms with van der Waals surface area (Å²) in [6.45, 7) is 0.853. The van der Waals surface area contributed by atoms with Gasteiger partial charge in [-0.3, -0.25) is 9.78 Å². The first-order chi connectivity index (χ1) is 7.97. The lowest BCUT2D eigenvalue weighted by Crippen LogP contribution is -2.30. The molecule has 7 heteroatoms. The Bertz CT molecular complexity index is 446. The van der Waals surface area contributed by atoms with Crippen LogP contribution in [0.5, 0.6) is 0 Å². The first-order valence-corrected chi connectivity index (χ1v) is 4.90. The van der Waals surface area contributed by atoms with Gasteiger partial charge in [0.2, 0.25) is 0 Å². The topological polar surface area (TPSA) is 51.2 Å². The van der Waals surface area contributed by atoms with Crippen molar-refractivity contribution in [2.75, 3.05) is 11.9 Å². The fraction of sp³-hybridized carbons (Fsp3) is 0.400. The summed E-state index contributed by atoms with van der Waals surface area (Å²) < 4.78 is 41.2. The molecule has 92 valence electrons. The quantitative estimate of drug-likeness (QED) is 0.819. The van der Waals surface area contributed by atoms with E-state index in [1.54, 1.807) is 5.32 Å². The van der Waals surface area contributed by atoms with Gasteiger partial charge in [0, 0.05) is 17.7 Å². The van der Waals surface area contributed by atoms with Crippen LogP contribution in [-0.2, 0) is 22.6 Å². The van der Waals surface area contributed by atoms with Crippen LogP contribution in [0.15, 0.2) is 12.3 Å². The number of anilines is 1. The normalized spacial score (nSPS) is 15.2. The second kappa shape index (κ2) is 4.33. The van der Waals surface area contributed by atoms with Gasteiger partial charge in [-0.05, 0) is 6.07 Å². The third-order valence-electron chi connectivity index (χ3n) is 2.32. The third-order valence-corrected chi connectivity index (χ3v) is 2.32. The molecule has 0 radical (unpaired) electrons. The van der Waals surface area contributed by atoms with E-state index in [1.807, 2.05) is 0 Å². The number of nitrogens with one attached hydrogen (secondary N) is 1. The molecule has 0 saturated heterocycles. The zero-order chi connectivity index (χ0) is 12.5. The van der Waals surface area contributed by atoms with Crippen molar-refractivity contribution in [1.82, 2.24) is 4.98 Å². The largest absolute Gasteiger partial charge is 0.471 e. The number of pyridine rings is 1. The molecule has 2 heterocycles. The molecule has 0 spiro atoms. The number of carbonyl (C=O) groups excluding carboxylic acids is 1. The highest BCUT2D eigenvalue weighted by Gasteiger charge is 2.38. The number of ether oxygens (including phenoxy) is 1. The zero-order valence-corrected chi connectivity index (χ0v) is 8.67. The van der Waals surface area contributed by atoms with E-state index < -0.39 is 12.1 Å². The van der Waals surface area contributed by atoms with Crippen molar-refractivity contribution in [1.29, 1.82) is 0 Å². The Balaban J connectivity index is 2.15. The monoisotopic (exact) mass is 246 g/mol. The molecule has 0 unspecified atom stereocenters. The highest BCUT2D eigenvalue weighted by molar-refractivity contribution is 5.94. The van der Waals surface area contributed by atoms with E-state index in [9.17, 15) is 18.0 Å². The zero-order valence-electron chi connectivity index (χ0n) is 8.67. The van der Waals surface area contributed by atoms with Crippen molar-refractivity contribution < 1.29 is 22.7 Å². The van der Waals surface area contributed by atoms with Crippen molar-refractivity contribution in [3.05, 3.63) is 23.5 Å². The fourth-order valence-electron chi connectivity index (χ4n) is 1.51. The number of carbonyl (C=O) groups is 1. The Morgan fingerprint density at radius 2 is 2.24 bits per heavy atom. The molecule has 0 bridgehead atoms. The molecule has 0 saturated carbocycles. The van der Waals surface area contributed by atoms with Crippen LogP contribution in [0, 0.1) is 0 Å². The minimum absolute atomic E-state index is 0.0246. The van der Waals surface area contributed by atoms with Gasteiger partial charge < -0.3 is 10.1 Å². The fourth-order valence-corrected chi connectivity index (χ4v) is 1.51. The summed E-state index contributed by atoms with van der Waals surface area (Å²) in [5.41, 5.74) is 1.52. The van der Waals surface area contributed by atoms with E-state index in [0.717, 1.165) is 5.69 Å². The highest BCUT2D eigenvalue weighted by Crippen LogP contribution is 2.21. The second-order valence-electron chi connectivity index (χ2n) is 3.58. The van der Waals surface area contributed by atoms with Gasteiger partial charge in [-0.1, -0.05) is 0 Å². The molecule has 1 N–H and O–H groups in total. The number of rotatable bonds is 1. The lowest BCUT2D eigenvalue weighted by atomic mass is 10.1. The molecule has 1 aliphatic rings. The van der Waals surface area contributed by atoms with Crippen LogP contribution in [-0.4, -0.2) is 23.7 Å². The molecule has 1 aromatic heterocycles. The Morgan fingerprint density at radius 1 is 1.47 bits per heavy atom. The number of amides is 1. The van der Waals surface area contributed by atoms with Crippen molar-refractivity contribution in [3.63, 3.8) is 0 Å². The van der Waals surface area contributed by atoms with Gasteiger partial charge in [0.05, 0.1) is 25.1 Å². The molecule has 1 aromatic rings. The molecule has 0 aromatic carbocycles. The smallest absolute Gasteiger partial charge is 0.376 e. The van der Waals surface area contributed by atoms with Crippen LogP contribution >= 0.6 is 0 Å². The molecular weight excluding hydrogens is 237 g/mol. The predicted octanol–water partition coefficient (Wildman–Crippen LogP) is 1.66. The van der Waals surface area contributed by atoms with E-state index >= 15 is 0 Å². The van der Waals surface area contributed by atoms with Crippen molar-refractivity contribution in [3.8, 4) is 0 Å². The number of nitrogens with zero attached hydrogens (tertiary/aromatic N) is 1. The Labute approximate surface area is 94.8 Å². The summed E-state index contributed by atoms with van der Waals surface area (Å²) >= 11 is 0. The first kappa shape index (κ1) is 11.8. The molecule has 4 nitrogen and oxygen atoms in total. The average molecular weight is 246 g/mol. The number of alkyl halides is 3. The van der Waals surface area contributed by atoms with Crippen molar-refractivity contribution >= 4 is 11.6 Å². The van der Waals surface area contributed by atoms with E-state index in [1.165, 1.54) is 12.3 Å². The van der Waals surface area contributed by atoms with Gasteiger partial charge in [0.25, 0.3) is 0 Å². The van der Waals surface area contributed by atoms with Crippen LogP contribution in [0.4, 0.5) is 18.9 Å². The number of aromatic nitrogens is 1. The molecule has 1 amide bonds. The minimum atomic E-state index is -4.90. The lowest BCUT2D eigenvalue weighted by molar-refractivity contribution is -0.167. The van der Waals surface area contributed by atoms with Crippen LogP contribution in [0.3, 0.4) is 0 Å². The Hall–Kier alpha value is -1.63. The molecule has 0 atom stereocenters. The van der Waals surface area contributed by atoms with Gasteiger partial charge in [-0.25, -0.2) is 0 Å². The van der Waals surface area contributed by atoms with Gasteiger partial charge in [-0.2, -0.15) is 13.2 Å². The summed E-state index contributed by atoms with van der Waals surface area (Å²) in [4.78, 5) is 14.7. The van der Waals surface area contributed by atoms with Gasteiger partial charge in [0.15, 0.2) is 0 Å². The average Bonchev–Trinajstić information content (AvgIpc) is 2.27. The molecule has 1 aliphatic heterocycles. The maximum Gasteiger partial charge on any atom is 0.471 e. The van der Waals surface area contributed by atoms with Crippen LogP contribution in [0.25, 0.3) is 0 Å². The Kier molecular flexibility index (Phi) is 3.01. The Morgan fingerprint density at radius 3 is 2.94 bits per heavy atom. The van der Waals surface area contributed by atoms with Gasteiger partial charge in [0.1, 0.15) is 0 Å². The third kappa shape index (κ3) is 2.73. The van der Waals surface area contributed by atoms with Crippen molar-refractivity contribution in [2.45, 2.75) is 19.2 Å². The number of fused-ring (bicyclic) bond motifs is 1. The molecular formula is C10H9F3N2O2. The summed E-state index contributed by atoms with van der Waals surface area (Å²) in [5.74, 6) is -2.00. The van der Waals surface area contributed by atoms with Gasteiger partial charge >= 0.3 is 12.1 Å². The maximum atomic E-state index is 12.0. The molecule has 2 rings (SSSR count). The number of hydrogen-bond donors (Lipinski definition) is 1. The standard InChI is InChI=1S/C10H9F3N2O2/c11-10(12,13)9(16)15-7-3-6-5-17-2-1-8(6)14-4-7/h3-4H,1-2,5H2,(H,15,16). The maximum absolute atomic E-state index is 12.0. The minimum Gasteiger partial charge on any atom is -0.376 e. The van der Waals surface area contributed by atoms with E-state index in [0.29, 0.717) is 25.2 Å². The highest BCUT2D eigenvalue weighted by atomic mass is 19.4. The van der Waals surface area contributed by atoms with E-state index in [2.05, 4.69) is 4.98 Å². The molecule has 0 fully saturated rings. The van der Waals surface area contributed by atoms with Gasteiger partial charge in [-0.15, -0.1) is 0 Å². The summed E-state index contributed by atoms with van der Waals surface area (Å²) in [6, 6.07) is 1.45. The van der Waals surface area contributed by atoms with Crippen molar-refractivity contribution in [2.24, 2.45) is 0 Å². The lowest BCUT2D eigenvalue weighted by Gasteiger charge is -2.16. The summed E-state index contributed by atoms with van der Waals surface area (Å²) in [7, 11) is 0. The molecule has 0 aliphatic carbocycles. The predicted molar refractivity (Wildman–Crippen MR) is 52.3 cm³/mol. The summed E-state index contributed by atoms with van der Waals surface area (Å²) in [6.07, 6.45) is -3.05. The van der Waals surface area contributed by atoms with Crippen LogP contribution in [0.2, 0.25) is 0 Å². The van der Waals surface area contributed by atoms with E-state index in [-0.39, 0.29) is 5.69 Å². The SMILES string of the molecule is O=C(Nc1cnc2c(c1)COCC2)C(F)(F)F. The van der Waals surface area contributed by atoms with E-state index in [4.69, 9.17) is 4.74 Å². The van der Waals surface area contributed by atoms with Crippen LogP contribution < -0.4 is 5.32 Å². The van der Waals surface area contributed by atoms with Crippen LogP contribution in [0.1, 0.15) is 11.3 Å². The molecule has 17 heavy (non-hydrogen) atoms. The number of halogens is 3.